The summed E-state index contributed by atoms with van der Waals surface area (Å²) in [6.45, 7) is 7.66. The first kappa shape index (κ1) is 13.5. The molecular weight excluding hydrogens is 219 g/mol. The summed E-state index contributed by atoms with van der Waals surface area (Å²) < 4.78 is 13.2. The van der Waals surface area contributed by atoms with Crippen molar-refractivity contribution in [3.63, 3.8) is 0 Å². The summed E-state index contributed by atoms with van der Waals surface area (Å²) in [6.07, 6.45) is 0. The lowest BCUT2D eigenvalue weighted by Crippen LogP contribution is -2.39. The first-order chi connectivity index (χ1) is 7.90. The zero-order valence-electron chi connectivity index (χ0n) is 10.7. The maximum atomic E-state index is 13.2. The van der Waals surface area contributed by atoms with Gasteiger partial charge in [0.15, 0.2) is 0 Å². The van der Waals surface area contributed by atoms with Gasteiger partial charge in [-0.25, -0.2) is 9.18 Å². The molecule has 0 aromatic heterocycles. The molecule has 2 N–H and O–H groups in total. The van der Waals surface area contributed by atoms with Crippen LogP contribution in [-0.2, 0) is 0 Å². The molecule has 1 atom stereocenters. The molecule has 0 unspecified atom stereocenters. The Hall–Kier alpha value is -1.58. The van der Waals surface area contributed by atoms with Gasteiger partial charge < -0.3 is 10.6 Å². The summed E-state index contributed by atoms with van der Waals surface area (Å²) in [5.74, 6) is 0.0372. The van der Waals surface area contributed by atoms with E-state index in [1.165, 1.54) is 6.07 Å². The van der Waals surface area contributed by atoms with E-state index in [0.717, 1.165) is 0 Å². The van der Waals surface area contributed by atoms with Crippen LogP contribution >= 0.6 is 0 Å². The van der Waals surface area contributed by atoms with Gasteiger partial charge in [-0.1, -0.05) is 19.9 Å². The molecule has 0 aliphatic heterocycles. The molecule has 0 fully saturated rings. The average Bonchev–Trinajstić information content (AvgIpc) is 2.23. The molecule has 94 valence electrons. The SMILES string of the molecule is Cc1ccc(NC(=O)N[C@@H](C)C(C)C)cc1F. The third-order valence-corrected chi connectivity index (χ3v) is 2.79. The highest BCUT2D eigenvalue weighted by Crippen LogP contribution is 2.13. The van der Waals surface area contributed by atoms with E-state index in [1.54, 1.807) is 19.1 Å². The van der Waals surface area contributed by atoms with Crippen molar-refractivity contribution in [2.75, 3.05) is 5.32 Å². The summed E-state index contributed by atoms with van der Waals surface area (Å²) in [6, 6.07) is 4.39. The number of rotatable bonds is 3. The number of hydrogen-bond donors (Lipinski definition) is 2. The molecule has 0 saturated heterocycles. The number of carbonyl (C=O) groups excluding carboxylic acids is 1. The van der Waals surface area contributed by atoms with Crippen LogP contribution in [0.1, 0.15) is 26.3 Å². The Labute approximate surface area is 101 Å². The molecule has 1 aromatic rings. The predicted octanol–water partition coefficient (Wildman–Crippen LogP) is 3.30. The topological polar surface area (TPSA) is 41.1 Å². The monoisotopic (exact) mass is 238 g/mol. The molecule has 4 heteroatoms. The predicted molar refractivity (Wildman–Crippen MR) is 67.6 cm³/mol. The molecule has 0 saturated carbocycles. The first-order valence-electron chi connectivity index (χ1n) is 5.74. The molecule has 0 heterocycles. The second-order valence-corrected chi connectivity index (χ2v) is 4.60. The third kappa shape index (κ3) is 4.06. The number of benzene rings is 1. The summed E-state index contributed by atoms with van der Waals surface area (Å²) >= 11 is 0. The number of hydrogen-bond acceptors (Lipinski definition) is 1. The van der Waals surface area contributed by atoms with Crippen LogP contribution in [0.4, 0.5) is 14.9 Å². The Morgan fingerprint density at radius 3 is 2.47 bits per heavy atom. The number of urea groups is 1. The second-order valence-electron chi connectivity index (χ2n) is 4.60. The van der Waals surface area contributed by atoms with Crippen molar-refractivity contribution in [2.24, 2.45) is 5.92 Å². The van der Waals surface area contributed by atoms with Crippen molar-refractivity contribution < 1.29 is 9.18 Å². The van der Waals surface area contributed by atoms with Crippen molar-refractivity contribution in [3.05, 3.63) is 29.6 Å². The highest BCUT2D eigenvalue weighted by atomic mass is 19.1. The Morgan fingerprint density at radius 2 is 1.94 bits per heavy atom. The summed E-state index contributed by atoms with van der Waals surface area (Å²) in [5.41, 5.74) is 1.02. The van der Waals surface area contributed by atoms with Gasteiger partial charge in [0.05, 0.1) is 0 Å². The lowest BCUT2D eigenvalue weighted by Gasteiger charge is -2.17. The summed E-state index contributed by atoms with van der Waals surface area (Å²) in [7, 11) is 0. The molecular formula is C13H19FN2O. The highest BCUT2D eigenvalue weighted by Gasteiger charge is 2.10. The third-order valence-electron chi connectivity index (χ3n) is 2.79. The van der Waals surface area contributed by atoms with E-state index in [2.05, 4.69) is 10.6 Å². The number of amides is 2. The molecule has 0 aliphatic carbocycles. The van der Waals surface area contributed by atoms with E-state index in [9.17, 15) is 9.18 Å². The molecule has 3 nitrogen and oxygen atoms in total. The van der Waals surface area contributed by atoms with Crippen molar-refractivity contribution in [1.82, 2.24) is 5.32 Å². The minimum atomic E-state index is -0.320. The molecule has 1 rings (SSSR count). The van der Waals surface area contributed by atoms with E-state index in [1.807, 2.05) is 20.8 Å². The van der Waals surface area contributed by atoms with E-state index in [-0.39, 0.29) is 17.9 Å². The number of aryl methyl sites for hydroxylation is 1. The Bertz CT molecular complexity index is 404. The van der Waals surface area contributed by atoms with Crippen LogP contribution in [0.5, 0.6) is 0 Å². The van der Waals surface area contributed by atoms with Gasteiger partial charge in [0.2, 0.25) is 0 Å². The van der Waals surface area contributed by atoms with Gasteiger partial charge in [0.25, 0.3) is 0 Å². The second kappa shape index (κ2) is 5.66. The highest BCUT2D eigenvalue weighted by molar-refractivity contribution is 5.89. The quantitative estimate of drug-likeness (QED) is 0.833. The minimum absolute atomic E-state index is 0.0743. The van der Waals surface area contributed by atoms with Crippen molar-refractivity contribution in [3.8, 4) is 0 Å². The fourth-order valence-electron chi connectivity index (χ4n) is 1.21. The maximum absolute atomic E-state index is 13.2. The average molecular weight is 238 g/mol. The van der Waals surface area contributed by atoms with Crippen molar-refractivity contribution in [1.29, 1.82) is 0 Å². The zero-order valence-corrected chi connectivity index (χ0v) is 10.7. The lowest BCUT2D eigenvalue weighted by atomic mass is 10.1. The summed E-state index contributed by atoms with van der Waals surface area (Å²) in [5, 5.41) is 5.40. The molecule has 0 bridgehead atoms. The van der Waals surface area contributed by atoms with E-state index in [4.69, 9.17) is 0 Å². The zero-order chi connectivity index (χ0) is 13.0. The first-order valence-corrected chi connectivity index (χ1v) is 5.74. The standard InChI is InChI=1S/C13H19FN2O/c1-8(2)10(4)15-13(17)16-11-6-5-9(3)12(14)7-11/h5-8,10H,1-4H3,(H2,15,16,17)/t10-/m0/s1. The normalized spacial score (nSPS) is 12.4. The smallest absolute Gasteiger partial charge is 0.319 e. The van der Waals surface area contributed by atoms with Crippen LogP contribution < -0.4 is 10.6 Å². The van der Waals surface area contributed by atoms with Crippen LogP contribution in [0.3, 0.4) is 0 Å². The molecule has 0 radical (unpaired) electrons. The number of halogens is 1. The van der Waals surface area contributed by atoms with E-state index < -0.39 is 0 Å². The molecule has 17 heavy (non-hydrogen) atoms. The number of carbonyl (C=O) groups is 1. The molecule has 0 aliphatic rings. The Kier molecular flexibility index (Phi) is 4.49. The fourth-order valence-corrected chi connectivity index (χ4v) is 1.21. The van der Waals surface area contributed by atoms with Crippen LogP contribution in [0, 0.1) is 18.7 Å². The van der Waals surface area contributed by atoms with Gasteiger partial charge in [-0.15, -0.1) is 0 Å². The van der Waals surface area contributed by atoms with Crippen molar-refractivity contribution in [2.45, 2.75) is 33.7 Å². The van der Waals surface area contributed by atoms with E-state index in [0.29, 0.717) is 17.2 Å². The summed E-state index contributed by atoms with van der Waals surface area (Å²) in [4.78, 5) is 11.6. The molecule has 2 amide bonds. The maximum Gasteiger partial charge on any atom is 0.319 e. The number of nitrogens with one attached hydrogen (secondary N) is 2. The van der Waals surface area contributed by atoms with Crippen LogP contribution in [0.25, 0.3) is 0 Å². The van der Waals surface area contributed by atoms with Gasteiger partial charge >= 0.3 is 6.03 Å². The van der Waals surface area contributed by atoms with Gasteiger partial charge in [-0.2, -0.15) is 0 Å². The fraction of sp³-hybridized carbons (Fsp3) is 0.462. The van der Waals surface area contributed by atoms with Gasteiger partial charge in [-0.3, -0.25) is 0 Å². The minimum Gasteiger partial charge on any atom is -0.335 e. The Balaban J connectivity index is 2.59. The van der Waals surface area contributed by atoms with E-state index >= 15 is 0 Å². The van der Waals surface area contributed by atoms with Gasteiger partial charge in [0, 0.05) is 11.7 Å². The lowest BCUT2D eigenvalue weighted by molar-refractivity contribution is 0.246. The van der Waals surface area contributed by atoms with Crippen LogP contribution in [-0.4, -0.2) is 12.1 Å². The number of anilines is 1. The molecule has 0 spiro atoms. The van der Waals surface area contributed by atoms with Crippen molar-refractivity contribution >= 4 is 11.7 Å². The van der Waals surface area contributed by atoms with Gasteiger partial charge in [0.1, 0.15) is 5.82 Å². The van der Waals surface area contributed by atoms with Crippen LogP contribution in [0.15, 0.2) is 18.2 Å². The van der Waals surface area contributed by atoms with Crippen LogP contribution in [0.2, 0.25) is 0 Å². The molecule has 1 aromatic carbocycles. The van der Waals surface area contributed by atoms with Gasteiger partial charge in [-0.05, 0) is 37.5 Å². The Morgan fingerprint density at radius 1 is 1.29 bits per heavy atom. The largest absolute Gasteiger partial charge is 0.335 e.